The summed E-state index contributed by atoms with van der Waals surface area (Å²) in [5.41, 5.74) is 0.343. The predicted molar refractivity (Wildman–Crippen MR) is 55.4 cm³/mol. The highest BCUT2D eigenvalue weighted by molar-refractivity contribution is 5.39. The largest absolute Gasteiger partial charge is 0.479 e. The fourth-order valence-corrected chi connectivity index (χ4v) is 1.30. The van der Waals surface area contributed by atoms with Crippen LogP contribution >= 0.6 is 0 Å². The van der Waals surface area contributed by atoms with E-state index in [1.54, 1.807) is 0 Å². The molecule has 0 unspecified atom stereocenters. The highest BCUT2D eigenvalue weighted by atomic mass is 19.4. The minimum atomic E-state index is -4.60. The third-order valence-electron chi connectivity index (χ3n) is 2.15. The minimum Gasteiger partial charge on any atom is -0.479 e. The number of hydrogen-bond acceptors (Lipinski definition) is 5. The van der Waals surface area contributed by atoms with Crippen LogP contribution in [0.4, 0.5) is 13.2 Å². The lowest BCUT2D eigenvalue weighted by Crippen LogP contribution is -2.11. The van der Waals surface area contributed by atoms with Crippen LogP contribution in [0.1, 0.15) is 11.4 Å². The van der Waals surface area contributed by atoms with Crippen molar-refractivity contribution in [3.05, 3.63) is 30.0 Å². The molecule has 0 aliphatic rings. The molecule has 2 rings (SSSR count). The number of aromatic nitrogens is 4. The van der Waals surface area contributed by atoms with E-state index in [0.29, 0.717) is 0 Å². The smallest absolute Gasteiger partial charge is 0.451 e. The normalized spacial score (nSPS) is 11.1. The average Bonchev–Trinajstić information content (AvgIpc) is 2.81. The van der Waals surface area contributed by atoms with Gasteiger partial charge in [-0.25, -0.2) is 14.6 Å². The van der Waals surface area contributed by atoms with E-state index in [9.17, 15) is 13.2 Å². The summed E-state index contributed by atoms with van der Waals surface area (Å²) < 4.78 is 42.9. The second-order valence-electron chi connectivity index (χ2n) is 3.37. The first-order valence-corrected chi connectivity index (χ1v) is 4.89. The molecule has 0 fully saturated rings. The molecule has 0 spiro atoms. The lowest BCUT2D eigenvalue weighted by atomic mass is 10.4. The van der Waals surface area contributed by atoms with Crippen molar-refractivity contribution in [3.8, 4) is 17.6 Å². The fourth-order valence-electron chi connectivity index (χ4n) is 1.30. The second-order valence-corrected chi connectivity index (χ2v) is 3.37. The van der Waals surface area contributed by atoms with Gasteiger partial charge in [0.15, 0.2) is 0 Å². The highest BCUT2D eigenvalue weighted by Gasteiger charge is 2.34. The van der Waals surface area contributed by atoms with Gasteiger partial charge in [-0.3, -0.25) is 0 Å². The summed E-state index contributed by atoms with van der Waals surface area (Å²) in [5, 5.41) is 12.7. The van der Waals surface area contributed by atoms with Crippen molar-refractivity contribution in [1.29, 1.82) is 5.26 Å². The van der Waals surface area contributed by atoms with Gasteiger partial charge in [0.1, 0.15) is 17.3 Å². The molecule has 9 heteroatoms. The van der Waals surface area contributed by atoms with E-state index in [1.807, 2.05) is 6.07 Å². The van der Waals surface area contributed by atoms with Crippen LogP contribution in [0.3, 0.4) is 0 Å². The van der Waals surface area contributed by atoms with Crippen LogP contribution < -0.4 is 4.74 Å². The van der Waals surface area contributed by atoms with Gasteiger partial charge in [-0.1, -0.05) is 0 Å². The first-order valence-electron chi connectivity index (χ1n) is 4.89. The van der Waals surface area contributed by atoms with Gasteiger partial charge in [0.2, 0.25) is 5.82 Å². The molecule has 0 N–H and O–H groups in total. The molecule has 0 aliphatic carbocycles. The SMILES string of the molecule is COc1nn(-c2cnc(C(F)(F)F)nc2)cc1C#N. The Morgan fingerprint density at radius 2 is 1.95 bits per heavy atom. The third kappa shape index (κ3) is 2.47. The van der Waals surface area contributed by atoms with Gasteiger partial charge in [-0.2, -0.15) is 18.4 Å². The van der Waals surface area contributed by atoms with Crippen LogP contribution in [0.25, 0.3) is 5.69 Å². The van der Waals surface area contributed by atoms with Gasteiger partial charge >= 0.3 is 6.18 Å². The molecular weight excluding hydrogens is 263 g/mol. The molecule has 2 aromatic rings. The van der Waals surface area contributed by atoms with E-state index in [-0.39, 0.29) is 17.1 Å². The van der Waals surface area contributed by atoms with E-state index >= 15 is 0 Å². The van der Waals surface area contributed by atoms with Gasteiger partial charge in [0.05, 0.1) is 25.7 Å². The lowest BCUT2D eigenvalue weighted by Gasteiger charge is -2.05. The molecule has 19 heavy (non-hydrogen) atoms. The Balaban J connectivity index is 2.38. The molecule has 0 aliphatic heterocycles. The van der Waals surface area contributed by atoms with Crippen LogP contribution in [0, 0.1) is 11.3 Å². The van der Waals surface area contributed by atoms with E-state index in [4.69, 9.17) is 10.00 Å². The van der Waals surface area contributed by atoms with E-state index in [1.165, 1.54) is 13.3 Å². The van der Waals surface area contributed by atoms with E-state index in [2.05, 4.69) is 15.1 Å². The molecule has 2 aromatic heterocycles. The van der Waals surface area contributed by atoms with Crippen molar-refractivity contribution >= 4 is 0 Å². The summed E-state index contributed by atoms with van der Waals surface area (Å²) in [7, 11) is 1.33. The quantitative estimate of drug-likeness (QED) is 0.826. The Hall–Kier alpha value is -2.63. The Labute approximate surface area is 105 Å². The topological polar surface area (TPSA) is 76.6 Å². The second kappa shape index (κ2) is 4.56. The lowest BCUT2D eigenvalue weighted by molar-refractivity contribution is -0.145. The Bertz CT molecular complexity index is 626. The number of hydrogen-bond donors (Lipinski definition) is 0. The maximum Gasteiger partial charge on any atom is 0.451 e. The maximum absolute atomic E-state index is 12.3. The molecule has 2 heterocycles. The van der Waals surface area contributed by atoms with Crippen molar-refractivity contribution in [2.24, 2.45) is 0 Å². The summed E-state index contributed by atoms with van der Waals surface area (Å²) in [6.07, 6.45) is -1.37. The van der Waals surface area contributed by atoms with E-state index in [0.717, 1.165) is 17.1 Å². The molecule has 0 aromatic carbocycles. The van der Waals surface area contributed by atoms with Crippen molar-refractivity contribution in [2.45, 2.75) is 6.18 Å². The first-order chi connectivity index (χ1) is 8.95. The summed E-state index contributed by atoms with van der Waals surface area (Å²) in [6.45, 7) is 0. The fraction of sp³-hybridized carbons (Fsp3) is 0.200. The average molecular weight is 269 g/mol. The molecule has 0 radical (unpaired) electrons. The molecule has 0 atom stereocenters. The Morgan fingerprint density at radius 3 is 2.37 bits per heavy atom. The van der Waals surface area contributed by atoms with Gasteiger partial charge in [-0.15, -0.1) is 5.10 Å². The molecule has 0 saturated carbocycles. The number of rotatable bonds is 2. The summed E-state index contributed by atoms with van der Waals surface area (Å²) in [6, 6.07) is 1.84. The summed E-state index contributed by atoms with van der Waals surface area (Å²) in [5.74, 6) is -1.17. The molecule has 0 saturated heterocycles. The molecule has 0 bridgehead atoms. The van der Waals surface area contributed by atoms with Gasteiger partial charge in [0, 0.05) is 0 Å². The van der Waals surface area contributed by atoms with Crippen LogP contribution in [0.5, 0.6) is 5.88 Å². The zero-order valence-electron chi connectivity index (χ0n) is 9.51. The molecular formula is C10H6F3N5O. The monoisotopic (exact) mass is 269 g/mol. The molecule has 6 nitrogen and oxygen atoms in total. The van der Waals surface area contributed by atoms with Crippen molar-refractivity contribution in [2.75, 3.05) is 7.11 Å². The number of nitriles is 1. The van der Waals surface area contributed by atoms with Crippen molar-refractivity contribution < 1.29 is 17.9 Å². The number of nitrogens with zero attached hydrogens (tertiary/aromatic N) is 5. The molecule has 0 amide bonds. The summed E-state index contributed by atoms with van der Waals surface area (Å²) >= 11 is 0. The van der Waals surface area contributed by atoms with Gasteiger partial charge in [-0.05, 0) is 0 Å². The first kappa shape index (κ1) is 12.8. The van der Waals surface area contributed by atoms with Crippen LogP contribution in [0.2, 0.25) is 0 Å². The van der Waals surface area contributed by atoms with Crippen LogP contribution in [-0.4, -0.2) is 26.9 Å². The van der Waals surface area contributed by atoms with Gasteiger partial charge in [0.25, 0.3) is 5.88 Å². The van der Waals surface area contributed by atoms with Crippen LogP contribution in [0.15, 0.2) is 18.6 Å². The zero-order chi connectivity index (χ0) is 14.0. The zero-order valence-corrected chi connectivity index (χ0v) is 9.51. The standard InChI is InChI=1S/C10H6F3N5O/c1-19-8-6(2-14)5-18(17-8)7-3-15-9(16-4-7)10(11,12)13/h3-5H,1H3. The van der Waals surface area contributed by atoms with Crippen LogP contribution in [-0.2, 0) is 6.18 Å². The summed E-state index contributed by atoms with van der Waals surface area (Å²) in [4.78, 5) is 6.39. The number of ether oxygens (including phenoxy) is 1. The third-order valence-corrected chi connectivity index (χ3v) is 2.15. The number of methoxy groups -OCH3 is 1. The van der Waals surface area contributed by atoms with Crippen molar-refractivity contribution in [1.82, 2.24) is 19.7 Å². The maximum atomic E-state index is 12.3. The van der Waals surface area contributed by atoms with E-state index < -0.39 is 12.0 Å². The Kier molecular flexibility index (Phi) is 3.08. The number of halogens is 3. The number of alkyl halides is 3. The van der Waals surface area contributed by atoms with Crippen molar-refractivity contribution in [3.63, 3.8) is 0 Å². The highest BCUT2D eigenvalue weighted by Crippen LogP contribution is 2.26. The predicted octanol–water partition coefficient (Wildman–Crippen LogP) is 1.56. The Morgan fingerprint density at radius 1 is 1.32 bits per heavy atom. The minimum absolute atomic E-state index is 0.0717. The van der Waals surface area contributed by atoms with Gasteiger partial charge < -0.3 is 4.74 Å². The molecule has 98 valence electrons.